The molecule has 1 fully saturated rings. The molecule has 1 aliphatic rings. The Labute approximate surface area is 128 Å². The molecule has 1 heterocycles. The smallest absolute Gasteiger partial charge is 0.193 e. The summed E-state index contributed by atoms with van der Waals surface area (Å²) >= 11 is 0. The van der Waals surface area contributed by atoms with Crippen LogP contribution in [0.3, 0.4) is 0 Å². The fraction of sp³-hybridized carbons (Fsp3) is 0.933. The third-order valence-electron chi connectivity index (χ3n) is 3.46. The quantitative estimate of drug-likeness (QED) is 0.370. The predicted molar refractivity (Wildman–Crippen MR) is 84.8 cm³/mol. The molecule has 1 N–H and O–H groups in total. The molecular formula is C15H31N3O3. The molecule has 0 saturated carbocycles. The molecule has 0 bridgehead atoms. The Morgan fingerprint density at radius 2 is 2.10 bits per heavy atom. The number of rotatable bonds is 10. The number of nitrogens with zero attached hydrogens (tertiary/aromatic N) is 2. The van der Waals surface area contributed by atoms with Gasteiger partial charge in [-0.3, -0.25) is 4.99 Å². The summed E-state index contributed by atoms with van der Waals surface area (Å²) in [5, 5.41) is 3.37. The van der Waals surface area contributed by atoms with E-state index in [1.54, 1.807) is 14.2 Å². The van der Waals surface area contributed by atoms with Crippen LogP contribution in [0.2, 0.25) is 0 Å². The zero-order valence-electron chi connectivity index (χ0n) is 13.8. The Kier molecular flexibility index (Phi) is 10.2. The summed E-state index contributed by atoms with van der Waals surface area (Å²) in [6, 6.07) is 0. The van der Waals surface area contributed by atoms with Crippen LogP contribution in [0.15, 0.2) is 4.99 Å². The molecule has 0 amide bonds. The van der Waals surface area contributed by atoms with E-state index >= 15 is 0 Å². The van der Waals surface area contributed by atoms with Crippen LogP contribution in [0.4, 0.5) is 0 Å². The number of nitrogens with one attached hydrogen (secondary N) is 1. The van der Waals surface area contributed by atoms with Gasteiger partial charge in [0, 0.05) is 52.9 Å². The van der Waals surface area contributed by atoms with Crippen molar-refractivity contribution in [1.29, 1.82) is 0 Å². The maximum Gasteiger partial charge on any atom is 0.193 e. The average molecular weight is 301 g/mol. The van der Waals surface area contributed by atoms with Gasteiger partial charge in [-0.1, -0.05) is 0 Å². The lowest BCUT2D eigenvalue weighted by atomic mass is 10.1. The number of aliphatic imine (C=N–C) groups is 1. The van der Waals surface area contributed by atoms with Crippen molar-refractivity contribution in [3.63, 3.8) is 0 Å². The van der Waals surface area contributed by atoms with Gasteiger partial charge in [0.1, 0.15) is 0 Å². The van der Waals surface area contributed by atoms with Crippen molar-refractivity contribution in [2.75, 3.05) is 66.8 Å². The minimum absolute atomic E-state index is 0.622. The standard InChI is InChI=1S/C15H31N3O3/c1-4-16-15(17-7-5-9-21-11-10-19-2)18-8-6-14(12-18)13-20-3/h14H,4-13H2,1-3H3,(H,16,17). The van der Waals surface area contributed by atoms with Crippen molar-refractivity contribution in [3.8, 4) is 0 Å². The number of ether oxygens (including phenoxy) is 3. The van der Waals surface area contributed by atoms with Crippen molar-refractivity contribution in [3.05, 3.63) is 0 Å². The molecule has 1 atom stereocenters. The molecule has 0 aromatic rings. The van der Waals surface area contributed by atoms with E-state index in [1.165, 1.54) is 6.42 Å². The molecule has 0 aliphatic carbocycles. The second-order valence-electron chi connectivity index (χ2n) is 5.25. The lowest BCUT2D eigenvalue weighted by Gasteiger charge is -2.21. The first kappa shape index (κ1) is 18.2. The van der Waals surface area contributed by atoms with Crippen LogP contribution in [0.5, 0.6) is 0 Å². The first-order chi connectivity index (χ1) is 10.3. The first-order valence-electron chi connectivity index (χ1n) is 7.90. The van der Waals surface area contributed by atoms with Gasteiger partial charge >= 0.3 is 0 Å². The van der Waals surface area contributed by atoms with Gasteiger partial charge in [-0.2, -0.15) is 0 Å². The predicted octanol–water partition coefficient (Wildman–Crippen LogP) is 0.973. The summed E-state index contributed by atoms with van der Waals surface area (Å²) in [5.41, 5.74) is 0. The summed E-state index contributed by atoms with van der Waals surface area (Å²) in [4.78, 5) is 7.02. The van der Waals surface area contributed by atoms with Crippen LogP contribution in [0.1, 0.15) is 19.8 Å². The summed E-state index contributed by atoms with van der Waals surface area (Å²) in [6.45, 7) is 8.77. The molecule has 1 saturated heterocycles. The molecular weight excluding hydrogens is 270 g/mol. The molecule has 1 aliphatic heterocycles. The summed E-state index contributed by atoms with van der Waals surface area (Å²) in [6.07, 6.45) is 2.12. The van der Waals surface area contributed by atoms with Crippen molar-refractivity contribution in [1.82, 2.24) is 10.2 Å². The highest BCUT2D eigenvalue weighted by atomic mass is 16.5. The van der Waals surface area contributed by atoms with E-state index in [2.05, 4.69) is 22.1 Å². The van der Waals surface area contributed by atoms with E-state index in [1.807, 2.05) is 0 Å². The Morgan fingerprint density at radius 1 is 1.24 bits per heavy atom. The highest BCUT2D eigenvalue weighted by Crippen LogP contribution is 2.16. The van der Waals surface area contributed by atoms with Gasteiger partial charge in [0.2, 0.25) is 0 Å². The Bertz CT molecular complexity index is 287. The number of guanidine groups is 1. The molecule has 124 valence electrons. The number of likely N-dealkylation sites (tertiary alicyclic amines) is 1. The van der Waals surface area contributed by atoms with Crippen molar-refractivity contribution >= 4 is 5.96 Å². The van der Waals surface area contributed by atoms with Crippen molar-refractivity contribution < 1.29 is 14.2 Å². The van der Waals surface area contributed by atoms with Crippen LogP contribution in [-0.2, 0) is 14.2 Å². The second kappa shape index (κ2) is 11.8. The molecule has 1 rings (SSSR count). The monoisotopic (exact) mass is 301 g/mol. The van der Waals surface area contributed by atoms with Gasteiger partial charge < -0.3 is 24.4 Å². The maximum absolute atomic E-state index is 5.45. The highest BCUT2D eigenvalue weighted by Gasteiger charge is 2.24. The van der Waals surface area contributed by atoms with Crippen LogP contribution < -0.4 is 5.32 Å². The molecule has 1 unspecified atom stereocenters. The van der Waals surface area contributed by atoms with Gasteiger partial charge in [-0.15, -0.1) is 0 Å². The van der Waals surface area contributed by atoms with Crippen molar-refractivity contribution in [2.45, 2.75) is 19.8 Å². The van der Waals surface area contributed by atoms with Crippen LogP contribution in [-0.4, -0.2) is 77.7 Å². The Morgan fingerprint density at radius 3 is 2.81 bits per heavy atom. The highest BCUT2D eigenvalue weighted by molar-refractivity contribution is 5.80. The zero-order chi connectivity index (χ0) is 15.3. The average Bonchev–Trinajstić information content (AvgIpc) is 2.94. The topological polar surface area (TPSA) is 55.3 Å². The first-order valence-corrected chi connectivity index (χ1v) is 7.90. The van der Waals surface area contributed by atoms with Crippen LogP contribution in [0, 0.1) is 5.92 Å². The van der Waals surface area contributed by atoms with E-state index in [4.69, 9.17) is 14.2 Å². The fourth-order valence-corrected chi connectivity index (χ4v) is 2.42. The molecule has 6 heteroatoms. The Balaban J connectivity index is 2.26. The molecule has 6 nitrogen and oxygen atoms in total. The molecule has 0 aromatic heterocycles. The minimum atomic E-state index is 0.622. The van der Waals surface area contributed by atoms with Crippen LogP contribution in [0.25, 0.3) is 0 Å². The van der Waals surface area contributed by atoms with E-state index in [0.29, 0.717) is 19.1 Å². The zero-order valence-corrected chi connectivity index (χ0v) is 13.8. The van der Waals surface area contributed by atoms with Gasteiger partial charge in [0.05, 0.1) is 19.8 Å². The summed E-state index contributed by atoms with van der Waals surface area (Å²) in [5.74, 6) is 1.64. The van der Waals surface area contributed by atoms with Crippen LogP contribution >= 0.6 is 0 Å². The van der Waals surface area contributed by atoms with Gasteiger partial charge in [-0.25, -0.2) is 0 Å². The normalized spacial score (nSPS) is 19.3. The van der Waals surface area contributed by atoms with Gasteiger partial charge in [0.15, 0.2) is 5.96 Å². The molecule has 0 radical (unpaired) electrons. The molecule has 0 aromatic carbocycles. The third kappa shape index (κ3) is 7.64. The summed E-state index contributed by atoms with van der Waals surface area (Å²) < 4.78 is 15.6. The van der Waals surface area contributed by atoms with Gasteiger partial charge in [0.25, 0.3) is 0 Å². The number of methoxy groups -OCH3 is 2. The SMILES string of the molecule is CCNC(=NCCCOCCOC)N1CCC(COC)C1. The number of hydrogen-bond acceptors (Lipinski definition) is 4. The minimum Gasteiger partial charge on any atom is -0.384 e. The van der Waals surface area contributed by atoms with E-state index in [-0.39, 0.29) is 0 Å². The van der Waals surface area contributed by atoms with E-state index in [0.717, 1.165) is 51.8 Å². The van der Waals surface area contributed by atoms with E-state index in [9.17, 15) is 0 Å². The lowest BCUT2D eigenvalue weighted by Crippen LogP contribution is -2.40. The largest absolute Gasteiger partial charge is 0.384 e. The van der Waals surface area contributed by atoms with E-state index < -0.39 is 0 Å². The number of hydrogen-bond donors (Lipinski definition) is 1. The van der Waals surface area contributed by atoms with Crippen molar-refractivity contribution in [2.24, 2.45) is 10.9 Å². The Hall–Kier alpha value is -0.850. The fourth-order valence-electron chi connectivity index (χ4n) is 2.42. The van der Waals surface area contributed by atoms with Gasteiger partial charge in [-0.05, 0) is 19.8 Å². The lowest BCUT2D eigenvalue weighted by molar-refractivity contribution is 0.0702. The molecule has 0 spiro atoms. The molecule has 21 heavy (non-hydrogen) atoms. The maximum atomic E-state index is 5.45. The second-order valence-corrected chi connectivity index (χ2v) is 5.25. The summed E-state index contributed by atoms with van der Waals surface area (Å²) in [7, 11) is 3.45. The third-order valence-corrected chi connectivity index (χ3v) is 3.46.